The Bertz CT molecular complexity index is 591. The zero-order valence-corrected chi connectivity index (χ0v) is 13.4. The quantitative estimate of drug-likeness (QED) is 0.819. The van der Waals surface area contributed by atoms with Crippen molar-refractivity contribution in [3.05, 3.63) is 22.7 Å². The number of hydrogen-bond acceptors (Lipinski definition) is 4. The summed E-state index contributed by atoms with van der Waals surface area (Å²) in [7, 11) is -3.49. The smallest absolute Gasteiger partial charge is 0.239 e. The maximum absolute atomic E-state index is 11.9. The van der Waals surface area contributed by atoms with Crippen LogP contribution in [-0.4, -0.2) is 24.8 Å². The second-order valence-electron chi connectivity index (χ2n) is 5.16. The van der Waals surface area contributed by atoms with Gasteiger partial charge in [0.1, 0.15) is 5.75 Å². The number of nitrogens with one attached hydrogen (secondary N) is 1. The SMILES string of the molecule is CC(C)(C)S(=O)(=O)CC(=O)Nc1ccc(N)cc1Br. The summed E-state index contributed by atoms with van der Waals surface area (Å²) in [6.45, 7) is 4.69. The van der Waals surface area contributed by atoms with Gasteiger partial charge in [0.05, 0.1) is 10.4 Å². The number of amides is 1. The molecule has 106 valence electrons. The second kappa shape index (κ2) is 5.50. The summed E-state index contributed by atoms with van der Waals surface area (Å²) >= 11 is 3.25. The largest absolute Gasteiger partial charge is 0.399 e. The van der Waals surface area contributed by atoms with Crippen molar-refractivity contribution in [1.82, 2.24) is 0 Å². The molecular formula is C12H17BrN2O3S. The average Bonchev–Trinajstić information content (AvgIpc) is 2.19. The minimum atomic E-state index is -3.49. The summed E-state index contributed by atoms with van der Waals surface area (Å²) in [6, 6.07) is 4.87. The number of carbonyl (C=O) groups is 1. The van der Waals surface area contributed by atoms with Crippen LogP contribution in [0, 0.1) is 0 Å². The van der Waals surface area contributed by atoms with Crippen molar-refractivity contribution in [3.8, 4) is 0 Å². The third-order valence-corrected chi connectivity index (χ3v) is 5.69. The lowest BCUT2D eigenvalue weighted by Crippen LogP contribution is -2.35. The van der Waals surface area contributed by atoms with Crippen molar-refractivity contribution in [2.75, 3.05) is 16.8 Å². The van der Waals surface area contributed by atoms with E-state index in [2.05, 4.69) is 21.2 Å². The van der Waals surface area contributed by atoms with E-state index in [9.17, 15) is 13.2 Å². The molecule has 0 saturated heterocycles. The summed E-state index contributed by atoms with van der Waals surface area (Å²) in [5.74, 6) is -1.12. The lowest BCUT2D eigenvalue weighted by atomic mass is 10.3. The van der Waals surface area contributed by atoms with Gasteiger partial charge >= 0.3 is 0 Å². The fraction of sp³-hybridized carbons (Fsp3) is 0.417. The Kier molecular flexibility index (Phi) is 4.63. The van der Waals surface area contributed by atoms with Crippen molar-refractivity contribution in [1.29, 1.82) is 0 Å². The van der Waals surface area contributed by atoms with E-state index in [1.165, 1.54) is 0 Å². The summed E-state index contributed by atoms with van der Waals surface area (Å²) in [5.41, 5.74) is 6.62. The number of hydrogen-bond donors (Lipinski definition) is 2. The maximum atomic E-state index is 11.9. The first-order valence-electron chi connectivity index (χ1n) is 5.60. The number of halogens is 1. The summed E-state index contributed by atoms with van der Waals surface area (Å²) in [6.07, 6.45) is 0. The van der Waals surface area contributed by atoms with E-state index in [4.69, 9.17) is 5.73 Å². The predicted octanol–water partition coefficient (Wildman–Crippen LogP) is 2.18. The molecule has 0 bridgehead atoms. The van der Waals surface area contributed by atoms with E-state index < -0.39 is 26.2 Å². The molecule has 1 aromatic carbocycles. The standard InChI is InChI=1S/C12H17BrN2O3S/c1-12(2,3)19(17,18)7-11(16)15-10-5-4-8(14)6-9(10)13/h4-6H,7,14H2,1-3H3,(H,15,16). The molecule has 1 rings (SSSR count). The molecule has 19 heavy (non-hydrogen) atoms. The van der Waals surface area contributed by atoms with Crippen LogP contribution in [0.3, 0.4) is 0 Å². The minimum absolute atomic E-state index is 0.489. The minimum Gasteiger partial charge on any atom is -0.399 e. The van der Waals surface area contributed by atoms with E-state index in [0.29, 0.717) is 15.8 Å². The molecule has 0 aliphatic carbocycles. The topological polar surface area (TPSA) is 89.3 Å². The van der Waals surface area contributed by atoms with Gasteiger partial charge in [-0.3, -0.25) is 4.79 Å². The molecular weight excluding hydrogens is 332 g/mol. The number of rotatable bonds is 3. The molecule has 3 N–H and O–H groups in total. The fourth-order valence-corrected chi connectivity index (χ4v) is 2.55. The van der Waals surface area contributed by atoms with E-state index in [-0.39, 0.29) is 0 Å². The molecule has 0 unspecified atom stereocenters. The van der Waals surface area contributed by atoms with Gasteiger partial charge in [0, 0.05) is 10.2 Å². The monoisotopic (exact) mass is 348 g/mol. The first-order chi connectivity index (χ1) is 8.53. The molecule has 1 aromatic rings. The first-order valence-corrected chi connectivity index (χ1v) is 8.04. The Morgan fingerprint density at radius 1 is 1.37 bits per heavy atom. The molecule has 0 radical (unpaired) electrons. The lowest BCUT2D eigenvalue weighted by Gasteiger charge is -2.18. The molecule has 0 spiro atoms. The van der Waals surface area contributed by atoms with Crippen molar-refractivity contribution in [2.45, 2.75) is 25.5 Å². The number of benzene rings is 1. The number of nitrogen functional groups attached to an aromatic ring is 1. The Hall–Kier alpha value is -1.08. The third kappa shape index (κ3) is 4.21. The van der Waals surface area contributed by atoms with Gasteiger partial charge in [0.25, 0.3) is 0 Å². The first kappa shape index (κ1) is 16.0. The molecule has 7 heteroatoms. The highest BCUT2D eigenvalue weighted by atomic mass is 79.9. The highest BCUT2D eigenvalue weighted by Crippen LogP contribution is 2.25. The van der Waals surface area contributed by atoms with Crippen LogP contribution in [0.15, 0.2) is 22.7 Å². The van der Waals surface area contributed by atoms with Gasteiger partial charge in [0.15, 0.2) is 9.84 Å². The number of sulfone groups is 1. The molecule has 0 aliphatic heterocycles. The summed E-state index contributed by atoms with van der Waals surface area (Å²) in [5, 5.41) is 2.55. The molecule has 1 amide bonds. The third-order valence-electron chi connectivity index (χ3n) is 2.52. The van der Waals surface area contributed by atoms with Gasteiger partial charge in [-0.1, -0.05) is 0 Å². The average molecular weight is 349 g/mol. The van der Waals surface area contributed by atoms with Crippen molar-refractivity contribution in [3.63, 3.8) is 0 Å². The molecule has 0 heterocycles. The molecule has 0 atom stereocenters. The van der Waals surface area contributed by atoms with Gasteiger partial charge in [-0.15, -0.1) is 0 Å². The Labute approximate surface area is 121 Å². The molecule has 0 saturated carbocycles. The Morgan fingerprint density at radius 3 is 2.42 bits per heavy atom. The summed E-state index contributed by atoms with van der Waals surface area (Å²) in [4.78, 5) is 11.8. The normalized spacial score (nSPS) is 12.2. The zero-order chi connectivity index (χ0) is 14.8. The molecule has 0 fully saturated rings. The van der Waals surface area contributed by atoms with Gasteiger partial charge in [-0.25, -0.2) is 8.42 Å². The van der Waals surface area contributed by atoms with Crippen LogP contribution in [0.1, 0.15) is 20.8 Å². The molecule has 5 nitrogen and oxygen atoms in total. The lowest BCUT2D eigenvalue weighted by molar-refractivity contribution is -0.113. The second-order valence-corrected chi connectivity index (χ2v) is 8.76. The van der Waals surface area contributed by atoms with E-state index in [1.54, 1.807) is 39.0 Å². The summed E-state index contributed by atoms with van der Waals surface area (Å²) < 4.78 is 23.4. The highest BCUT2D eigenvalue weighted by Gasteiger charge is 2.31. The van der Waals surface area contributed by atoms with E-state index in [1.807, 2.05) is 0 Å². The number of anilines is 2. The number of nitrogens with two attached hydrogens (primary N) is 1. The van der Waals surface area contributed by atoms with Crippen LogP contribution < -0.4 is 11.1 Å². The van der Waals surface area contributed by atoms with Crippen LogP contribution in [0.2, 0.25) is 0 Å². The van der Waals surface area contributed by atoms with Gasteiger partial charge in [-0.2, -0.15) is 0 Å². The predicted molar refractivity (Wildman–Crippen MR) is 80.7 cm³/mol. The fourth-order valence-electron chi connectivity index (χ4n) is 1.21. The van der Waals surface area contributed by atoms with Crippen molar-refractivity contribution < 1.29 is 13.2 Å². The highest BCUT2D eigenvalue weighted by molar-refractivity contribution is 9.10. The van der Waals surface area contributed by atoms with Crippen LogP contribution in [-0.2, 0) is 14.6 Å². The van der Waals surface area contributed by atoms with Gasteiger partial charge < -0.3 is 11.1 Å². The van der Waals surface area contributed by atoms with E-state index in [0.717, 1.165) is 0 Å². The van der Waals surface area contributed by atoms with Crippen LogP contribution in [0.4, 0.5) is 11.4 Å². The Morgan fingerprint density at radius 2 is 1.95 bits per heavy atom. The molecule has 0 aliphatic rings. The van der Waals surface area contributed by atoms with Crippen LogP contribution in [0.25, 0.3) is 0 Å². The van der Waals surface area contributed by atoms with Gasteiger partial charge in [0.2, 0.25) is 5.91 Å². The van der Waals surface area contributed by atoms with E-state index >= 15 is 0 Å². The number of carbonyl (C=O) groups excluding carboxylic acids is 1. The van der Waals surface area contributed by atoms with Crippen molar-refractivity contribution >= 4 is 43.0 Å². The Balaban J connectivity index is 2.82. The van der Waals surface area contributed by atoms with Crippen molar-refractivity contribution in [2.24, 2.45) is 0 Å². The molecule has 0 aromatic heterocycles. The maximum Gasteiger partial charge on any atom is 0.239 e. The van der Waals surface area contributed by atoms with Crippen LogP contribution >= 0.6 is 15.9 Å². The van der Waals surface area contributed by atoms with Crippen LogP contribution in [0.5, 0.6) is 0 Å². The van der Waals surface area contributed by atoms with Gasteiger partial charge in [-0.05, 0) is 54.9 Å². The zero-order valence-electron chi connectivity index (χ0n) is 11.0.